The van der Waals surface area contributed by atoms with E-state index in [1.54, 1.807) is 12.1 Å². The molecule has 106 valence electrons. The van der Waals surface area contributed by atoms with E-state index >= 15 is 0 Å². The van der Waals surface area contributed by atoms with Gasteiger partial charge in [-0.15, -0.1) is 0 Å². The Kier molecular flexibility index (Phi) is 3.76. The Labute approximate surface area is 120 Å². The van der Waals surface area contributed by atoms with Crippen LogP contribution in [0.1, 0.15) is 50.3 Å². The van der Waals surface area contributed by atoms with Crippen LogP contribution in [0.4, 0.5) is 0 Å². The molecule has 0 heterocycles. The van der Waals surface area contributed by atoms with Crippen molar-refractivity contribution in [1.29, 1.82) is 0 Å². The Morgan fingerprint density at radius 1 is 0.900 bits per heavy atom. The van der Waals surface area contributed by atoms with E-state index in [1.165, 1.54) is 11.6 Å². The third-order valence-corrected chi connectivity index (χ3v) is 3.76. The van der Waals surface area contributed by atoms with Gasteiger partial charge in [-0.25, -0.2) is 0 Å². The largest absolute Gasteiger partial charge is 0.508 e. The zero-order valence-corrected chi connectivity index (χ0v) is 12.5. The Balaban J connectivity index is 2.31. The minimum Gasteiger partial charge on any atom is -0.508 e. The van der Waals surface area contributed by atoms with Gasteiger partial charge < -0.3 is 10.2 Å². The highest BCUT2D eigenvalue weighted by Gasteiger charge is 2.16. The molecule has 20 heavy (non-hydrogen) atoms. The van der Waals surface area contributed by atoms with Gasteiger partial charge in [0.25, 0.3) is 0 Å². The molecule has 0 radical (unpaired) electrons. The van der Waals surface area contributed by atoms with Gasteiger partial charge in [0.1, 0.15) is 11.5 Å². The maximum atomic E-state index is 9.95. The molecule has 2 nitrogen and oxygen atoms in total. The number of phenols is 2. The van der Waals surface area contributed by atoms with Crippen LogP contribution in [0.2, 0.25) is 0 Å². The number of hydrogen-bond donors (Lipinski definition) is 2. The maximum Gasteiger partial charge on any atom is 0.123 e. The van der Waals surface area contributed by atoms with E-state index in [-0.39, 0.29) is 22.8 Å². The van der Waals surface area contributed by atoms with Crippen molar-refractivity contribution in [3.05, 3.63) is 59.2 Å². The summed E-state index contributed by atoms with van der Waals surface area (Å²) in [6, 6.07) is 13.3. The molecule has 0 saturated heterocycles. The van der Waals surface area contributed by atoms with Crippen LogP contribution < -0.4 is 0 Å². The number of aromatic hydroxyl groups is 2. The van der Waals surface area contributed by atoms with Crippen molar-refractivity contribution in [1.82, 2.24) is 0 Å². The molecule has 1 unspecified atom stereocenters. The van der Waals surface area contributed by atoms with Gasteiger partial charge in [-0.1, -0.05) is 58.0 Å². The molecule has 2 heteroatoms. The molecule has 1 atom stereocenters. The monoisotopic (exact) mass is 270 g/mol. The van der Waals surface area contributed by atoms with E-state index in [0.717, 1.165) is 11.1 Å². The van der Waals surface area contributed by atoms with Gasteiger partial charge in [0, 0.05) is 17.5 Å². The molecule has 0 aromatic heterocycles. The normalized spacial score (nSPS) is 13.2. The molecule has 0 aliphatic rings. The van der Waals surface area contributed by atoms with Crippen LogP contribution in [0.15, 0.2) is 42.5 Å². The predicted molar refractivity (Wildman–Crippen MR) is 82.4 cm³/mol. The van der Waals surface area contributed by atoms with E-state index in [4.69, 9.17) is 0 Å². The molecular weight excluding hydrogens is 248 g/mol. The van der Waals surface area contributed by atoms with Crippen molar-refractivity contribution < 1.29 is 10.2 Å². The van der Waals surface area contributed by atoms with Crippen molar-refractivity contribution in [2.75, 3.05) is 0 Å². The fourth-order valence-electron chi connectivity index (χ4n) is 2.35. The van der Waals surface area contributed by atoms with Crippen LogP contribution >= 0.6 is 0 Å². The van der Waals surface area contributed by atoms with Crippen LogP contribution in [0.3, 0.4) is 0 Å². The summed E-state index contributed by atoms with van der Waals surface area (Å²) in [6.07, 6.45) is 0. The highest BCUT2D eigenvalue weighted by atomic mass is 16.3. The van der Waals surface area contributed by atoms with Gasteiger partial charge in [0.05, 0.1) is 0 Å². The summed E-state index contributed by atoms with van der Waals surface area (Å²) in [4.78, 5) is 0. The molecule has 2 N–H and O–H groups in total. The lowest BCUT2D eigenvalue weighted by Gasteiger charge is -2.20. The van der Waals surface area contributed by atoms with E-state index in [2.05, 4.69) is 52.0 Å². The molecule has 0 fully saturated rings. The van der Waals surface area contributed by atoms with E-state index in [0.29, 0.717) is 0 Å². The predicted octanol–water partition coefficient (Wildman–Crippen LogP) is 4.55. The summed E-state index contributed by atoms with van der Waals surface area (Å²) in [6.45, 7) is 8.63. The minimum atomic E-state index is 0.0848. The zero-order valence-electron chi connectivity index (χ0n) is 12.5. The Morgan fingerprint density at radius 3 is 2.00 bits per heavy atom. The number of benzene rings is 2. The van der Waals surface area contributed by atoms with Gasteiger partial charge in [-0.05, 0) is 22.6 Å². The smallest absolute Gasteiger partial charge is 0.123 e. The summed E-state index contributed by atoms with van der Waals surface area (Å²) in [5.74, 6) is 0.309. The van der Waals surface area contributed by atoms with Crippen molar-refractivity contribution in [3.63, 3.8) is 0 Å². The molecule has 0 spiro atoms. The Hall–Kier alpha value is -1.96. The molecule has 0 amide bonds. The summed E-state index contributed by atoms with van der Waals surface area (Å²) >= 11 is 0. The fraction of sp³-hybridized carbons (Fsp3) is 0.333. The highest BCUT2D eigenvalue weighted by Crippen LogP contribution is 2.34. The van der Waals surface area contributed by atoms with Crippen LogP contribution in [-0.4, -0.2) is 10.2 Å². The third-order valence-electron chi connectivity index (χ3n) is 3.76. The lowest BCUT2D eigenvalue weighted by atomic mass is 9.84. The van der Waals surface area contributed by atoms with E-state index in [1.807, 2.05) is 0 Å². The quantitative estimate of drug-likeness (QED) is 0.840. The lowest BCUT2D eigenvalue weighted by Crippen LogP contribution is -2.11. The topological polar surface area (TPSA) is 40.5 Å². The summed E-state index contributed by atoms with van der Waals surface area (Å²) in [5.41, 5.74) is 3.41. The van der Waals surface area contributed by atoms with Gasteiger partial charge >= 0.3 is 0 Å². The standard InChI is InChI=1S/C18H22O2/c1-12(16-10-9-15(19)11-17(16)20)13-5-7-14(8-6-13)18(2,3)4/h5-12,19-20H,1-4H3. The summed E-state index contributed by atoms with van der Waals surface area (Å²) in [7, 11) is 0. The van der Waals surface area contributed by atoms with Crippen LogP contribution in [0, 0.1) is 0 Å². The van der Waals surface area contributed by atoms with Crippen LogP contribution in [0.5, 0.6) is 11.5 Å². The summed E-state index contributed by atoms with van der Waals surface area (Å²) < 4.78 is 0. The molecular formula is C18H22O2. The van der Waals surface area contributed by atoms with E-state index < -0.39 is 0 Å². The minimum absolute atomic E-state index is 0.0848. The van der Waals surface area contributed by atoms with Crippen LogP contribution in [-0.2, 0) is 5.41 Å². The Morgan fingerprint density at radius 2 is 1.50 bits per heavy atom. The summed E-state index contributed by atoms with van der Waals surface area (Å²) in [5, 5.41) is 19.3. The van der Waals surface area contributed by atoms with Crippen molar-refractivity contribution in [2.45, 2.75) is 39.0 Å². The SMILES string of the molecule is CC(c1ccc(C(C)(C)C)cc1)c1ccc(O)cc1O. The fourth-order valence-corrected chi connectivity index (χ4v) is 2.35. The van der Waals surface area contributed by atoms with Gasteiger partial charge in [-0.2, -0.15) is 0 Å². The average molecular weight is 270 g/mol. The van der Waals surface area contributed by atoms with Gasteiger partial charge in [0.15, 0.2) is 0 Å². The first-order valence-corrected chi connectivity index (χ1v) is 6.91. The highest BCUT2D eigenvalue weighted by molar-refractivity contribution is 5.45. The number of hydrogen-bond acceptors (Lipinski definition) is 2. The zero-order chi connectivity index (χ0) is 14.9. The first-order chi connectivity index (χ1) is 9.29. The van der Waals surface area contributed by atoms with E-state index in [9.17, 15) is 10.2 Å². The molecule has 0 saturated carbocycles. The molecule has 0 aliphatic carbocycles. The molecule has 2 aromatic rings. The average Bonchev–Trinajstić information content (AvgIpc) is 2.37. The molecule has 2 rings (SSSR count). The van der Waals surface area contributed by atoms with Gasteiger partial charge in [-0.3, -0.25) is 0 Å². The molecule has 0 bridgehead atoms. The molecule has 0 aliphatic heterocycles. The maximum absolute atomic E-state index is 9.95. The van der Waals surface area contributed by atoms with Crippen molar-refractivity contribution in [2.24, 2.45) is 0 Å². The van der Waals surface area contributed by atoms with Crippen LogP contribution in [0.25, 0.3) is 0 Å². The van der Waals surface area contributed by atoms with Crippen molar-refractivity contribution in [3.8, 4) is 11.5 Å². The second-order valence-electron chi connectivity index (χ2n) is 6.34. The van der Waals surface area contributed by atoms with Crippen molar-refractivity contribution >= 4 is 0 Å². The first-order valence-electron chi connectivity index (χ1n) is 6.91. The number of rotatable bonds is 2. The second-order valence-corrected chi connectivity index (χ2v) is 6.34. The first kappa shape index (κ1) is 14.4. The molecule has 2 aromatic carbocycles. The van der Waals surface area contributed by atoms with Gasteiger partial charge in [0.2, 0.25) is 0 Å². The number of phenolic OH excluding ortho intramolecular Hbond substituents is 2. The Bertz CT molecular complexity index is 592. The third kappa shape index (κ3) is 2.96. The lowest BCUT2D eigenvalue weighted by molar-refractivity contribution is 0.444. The second kappa shape index (κ2) is 5.20.